The Hall–Kier alpha value is -0.120. The van der Waals surface area contributed by atoms with Crippen LogP contribution in [0.25, 0.3) is 0 Å². The van der Waals surface area contributed by atoms with Crippen LogP contribution >= 0.6 is 0 Å². The summed E-state index contributed by atoms with van der Waals surface area (Å²) in [5, 5.41) is 9.21. The van der Waals surface area contributed by atoms with Crippen LogP contribution in [0, 0.1) is 0 Å². The SMILES string of the molecule is CC.COCC12CCCN1C(CO)CC2. The van der Waals surface area contributed by atoms with E-state index >= 15 is 0 Å². The largest absolute Gasteiger partial charge is 0.395 e. The van der Waals surface area contributed by atoms with Gasteiger partial charge < -0.3 is 9.84 Å². The lowest BCUT2D eigenvalue weighted by atomic mass is 9.95. The molecule has 2 aliphatic rings. The van der Waals surface area contributed by atoms with Gasteiger partial charge in [0.2, 0.25) is 0 Å². The van der Waals surface area contributed by atoms with E-state index in [9.17, 15) is 5.11 Å². The molecule has 1 N–H and O–H groups in total. The van der Waals surface area contributed by atoms with E-state index < -0.39 is 0 Å². The van der Waals surface area contributed by atoms with E-state index in [1.165, 1.54) is 19.3 Å². The first-order chi connectivity index (χ1) is 7.32. The van der Waals surface area contributed by atoms with Gasteiger partial charge in [0.1, 0.15) is 0 Å². The minimum Gasteiger partial charge on any atom is -0.395 e. The van der Waals surface area contributed by atoms with Crippen molar-refractivity contribution in [2.24, 2.45) is 0 Å². The maximum atomic E-state index is 9.21. The quantitative estimate of drug-likeness (QED) is 0.777. The van der Waals surface area contributed by atoms with E-state index in [2.05, 4.69) is 4.90 Å². The molecule has 0 saturated carbocycles. The number of ether oxygens (including phenoxy) is 1. The lowest BCUT2D eigenvalue weighted by Gasteiger charge is -2.33. The second kappa shape index (κ2) is 5.83. The van der Waals surface area contributed by atoms with Gasteiger partial charge in [-0.1, -0.05) is 13.8 Å². The third-order valence-electron chi connectivity index (χ3n) is 3.66. The molecule has 0 radical (unpaired) electrons. The van der Waals surface area contributed by atoms with E-state index in [1.54, 1.807) is 7.11 Å². The fourth-order valence-electron chi connectivity index (χ4n) is 3.07. The van der Waals surface area contributed by atoms with Crippen molar-refractivity contribution in [3.63, 3.8) is 0 Å². The van der Waals surface area contributed by atoms with Crippen molar-refractivity contribution in [3.05, 3.63) is 0 Å². The zero-order valence-electron chi connectivity index (χ0n) is 10.3. The highest BCUT2D eigenvalue weighted by atomic mass is 16.5. The number of aliphatic hydroxyl groups is 1. The highest BCUT2D eigenvalue weighted by Gasteiger charge is 2.48. The summed E-state index contributed by atoms with van der Waals surface area (Å²) in [4.78, 5) is 2.47. The number of rotatable bonds is 3. The monoisotopic (exact) mass is 215 g/mol. The Labute approximate surface area is 93.4 Å². The van der Waals surface area contributed by atoms with E-state index in [0.29, 0.717) is 12.6 Å². The van der Waals surface area contributed by atoms with E-state index in [1.807, 2.05) is 13.8 Å². The van der Waals surface area contributed by atoms with Gasteiger partial charge in [-0.15, -0.1) is 0 Å². The van der Waals surface area contributed by atoms with Crippen LogP contribution in [0.2, 0.25) is 0 Å². The first-order valence-electron chi connectivity index (χ1n) is 6.19. The molecule has 15 heavy (non-hydrogen) atoms. The van der Waals surface area contributed by atoms with Gasteiger partial charge in [0, 0.05) is 18.7 Å². The molecule has 2 heterocycles. The van der Waals surface area contributed by atoms with E-state index in [0.717, 1.165) is 19.6 Å². The minimum absolute atomic E-state index is 0.280. The van der Waals surface area contributed by atoms with Crippen LogP contribution in [0.4, 0.5) is 0 Å². The fraction of sp³-hybridized carbons (Fsp3) is 1.00. The molecule has 3 nitrogen and oxygen atoms in total. The zero-order chi connectivity index (χ0) is 11.3. The van der Waals surface area contributed by atoms with Gasteiger partial charge in [0.15, 0.2) is 0 Å². The van der Waals surface area contributed by atoms with Crippen LogP contribution in [0.3, 0.4) is 0 Å². The van der Waals surface area contributed by atoms with Gasteiger partial charge in [0.25, 0.3) is 0 Å². The minimum atomic E-state index is 0.280. The summed E-state index contributed by atoms with van der Waals surface area (Å²) in [5.41, 5.74) is 0.280. The second-order valence-electron chi connectivity index (χ2n) is 4.33. The average molecular weight is 215 g/mol. The molecule has 0 aromatic carbocycles. The van der Waals surface area contributed by atoms with Gasteiger partial charge in [-0.25, -0.2) is 0 Å². The van der Waals surface area contributed by atoms with Crippen LogP contribution in [-0.2, 0) is 4.74 Å². The second-order valence-corrected chi connectivity index (χ2v) is 4.33. The predicted molar refractivity (Wildman–Crippen MR) is 62.0 cm³/mol. The molecule has 2 unspecified atom stereocenters. The molecule has 3 heteroatoms. The molecule has 2 saturated heterocycles. The molecule has 2 aliphatic heterocycles. The predicted octanol–water partition coefficient (Wildman–Crippen LogP) is 1.65. The van der Waals surface area contributed by atoms with Crippen molar-refractivity contribution in [1.82, 2.24) is 4.90 Å². The topological polar surface area (TPSA) is 32.7 Å². The summed E-state index contributed by atoms with van der Waals surface area (Å²) < 4.78 is 5.30. The van der Waals surface area contributed by atoms with Gasteiger partial charge in [-0.3, -0.25) is 4.90 Å². The van der Waals surface area contributed by atoms with Crippen molar-refractivity contribution in [2.45, 2.75) is 51.1 Å². The van der Waals surface area contributed by atoms with Gasteiger partial charge in [-0.2, -0.15) is 0 Å². The molecule has 90 valence electrons. The molecule has 2 rings (SSSR count). The molecule has 0 amide bonds. The highest BCUT2D eigenvalue weighted by Crippen LogP contribution is 2.42. The van der Waals surface area contributed by atoms with E-state index in [-0.39, 0.29) is 5.54 Å². The highest BCUT2D eigenvalue weighted by molar-refractivity contribution is 5.04. The van der Waals surface area contributed by atoms with Crippen molar-refractivity contribution >= 4 is 0 Å². The Morgan fingerprint density at radius 2 is 2.13 bits per heavy atom. The number of hydrogen-bond acceptors (Lipinski definition) is 3. The van der Waals surface area contributed by atoms with E-state index in [4.69, 9.17) is 4.74 Å². The maximum Gasteiger partial charge on any atom is 0.0646 e. The number of hydrogen-bond donors (Lipinski definition) is 1. The van der Waals surface area contributed by atoms with Crippen molar-refractivity contribution in [2.75, 3.05) is 26.9 Å². The Morgan fingerprint density at radius 3 is 2.73 bits per heavy atom. The first kappa shape index (κ1) is 12.9. The molecule has 0 aromatic rings. The van der Waals surface area contributed by atoms with Gasteiger partial charge >= 0.3 is 0 Å². The van der Waals surface area contributed by atoms with Crippen molar-refractivity contribution < 1.29 is 9.84 Å². The number of aliphatic hydroxyl groups excluding tert-OH is 1. The van der Waals surface area contributed by atoms with Crippen molar-refractivity contribution in [1.29, 1.82) is 0 Å². The summed E-state index contributed by atoms with van der Waals surface area (Å²) in [6.45, 7) is 6.30. The third-order valence-corrected chi connectivity index (χ3v) is 3.66. The standard InChI is InChI=1S/C10H19NO2.C2H6/c1-13-8-10-4-2-6-11(10)9(7-12)3-5-10;1-2/h9,12H,2-8H2,1H3;1-2H3. The molecular formula is C12H25NO2. The van der Waals surface area contributed by atoms with Crippen LogP contribution in [0.5, 0.6) is 0 Å². The summed E-state index contributed by atoms with van der Waals surface area (Å²) in [5.74, 6) is 0. The van der Waals surface area contributed by atoms with Gasteiger partial charge in [-0.05, 0) is 32.2 Å². The molecule has 0 spiro atoms. The Morgan fingerprint density at radius 1 is 1.40 bits per heavy atom. The molecule has 0 bridgehead atoms. The average Bonchev–Trinajstić information content (AvgIpc) is 2.79. The normalized spacial score (nSPS) is 34.8. The number of methoxy groups -OCH3 is 1. The summed E-state index contributed by atoms with van der Waals surface area (Å²) in [6.07, 6.45) is 4.85. The molecule has 0 aliphatic carbocycles. The Kier molecular flexibility index (Phi) is 5.03. The first-order valence-corrected chi connectivity index (χ1v) is 6.19. The fourth-order valence-corrected chi connectivity index (χ4v) is 3.07. The smallest absolute Gasteiger partial charge is 0.0646 e. The number of fused-ring (bicyclic) bond motifs is 1. The van der Waals surface area contributed by atoms with Crippen LogP contribution in [0.15, 0.2) is 0 Å². The Balaban J connectivity index is 0.000000531. The Bertz CT molecular complexity index is 186. The summed E-state index contributed by atoms with van der Waals surface area (Å²) in [6, 6.07) is 0.401. The van der Waals surface area contributed by atoms with Crippen molar-refractivity contribution in [3.8, 4) is 0 Å². The van der Waals surface area contributed by atoms with Crippen LogP contribution in [0.1, 0.15) is 39.5 Å². The van der Waals surface area contributed by atoms with Crippen LogP contribution in [-0.4, -0.2) is 48.5 Å². The molecule has 2 atom stereocenters. The molecule has 0 aromatic heterocycles. The van der Waals surface area contributed by atoms with Crippen LogP contribution < -0.4 is 0 Å². The zero-order valence-corrected chi connectivity index (χ0v) is 10.3. The third kappa shape index (κ3) is 2.35. The summed E-state index contributed by atoms with van der Waals surface area (Å²) in [7, 11) is 1.78. The maximum absolute atomic E-state index is 9.21. The van der Waals surface area contributed by atoms with Gasteiger partial charge in [0.05, 0.1) is 13.2 Å². The lowest BCUT2D eigenvalue weighted by Crippen LogP contribution is -2.46. The molecule has 2 fully saturated rings. The lowest BCUT2D eigenvalue weighted by molar-refractivity contribution is 0.0374. The summed E-state index contributed by atoms with van der Waals surface area (Å²) >= 11 is 0. The molecular weight excluding hydrogens is 190 g/mol. The number of nitrogens with zero attached hydrogens (tertiary/aromatic N) is 1.